The van der Waals surface area contributed by atoms with Gasteiger partial charge in [0.2, 0.25) is 5.91 Å². The van der Waals surface area contributed by atoms with Crippen molar-refractivity contribution in [2.45, 2.75) is 187 Å². The summed E-state index contributed by atoms with van der Waals surface area (Å²) in [5.41, 5.74) is 0. The Bertz CT molecular complexity index is 860. The highest BCUT2D eigenvalue weighted by atomic mass is 31.2. The van der Waals surface area contributed by atoms with Gasteiger partial charge in [-0.3, -0.25) is 13.8 Å². The van der Waals surface area contributed by atoms with Crippen molar-refractivity contribution >= 4 is 13.7 Å². The Hall–Kier alpha value is -1.02. The molecule has 0 fully saturated rings. The second-order valence-electron chi connectivity index (χ2n) is 15.0. The topological polar surface area (TPSA) is 105 Å². The van der Waals surface area contributed by atoms with Crippen molar-refractivity contribution < 1.29 is 32.9 Å². The molecule has 0 saturated carbocycles. The maximum Gasteiger partial charge on any atom is 0.472 e. The summed E-state index contributed by atoms with van der Waals surface area (Å²) in [6.07, 6.45) is 36.7. The molecule has 9 heteroatoms. The lowest BCUT2D eigenvalue weighted by Crippen LogP contribution is -2.45. The molecule has 0 aliphatic heterocycles. The molecule has 0 aromatic rings. The third kappa shape index (κ3) is 35.2. The SMILES string of the molecule is CCCCCCCCCCCCC/C=C/CC/C=C/C(O)C(COP(=O)(O)OCC[N+](C)(C)C)NC(=O)CCCCCCCCCCCC. The second kappa shape index (κ2) is 32.9. The Labute approximate surface area is 303 Å². The standard InChI is InChI=1S/C40H79N2O6P/c1-6-8-10-12-14-16-18-19-20-21-22-23-24-25-27-29-31-33-39(43)38(37-48-49(45,46)47-36-35-42(3,4)5)41-40(44)34-32-30-28-26-17-15-13-11-9-7-2/h24-25,31,33,38-39,43H,6-23,26-30,32,34-37H2,1-5H3,(H-,41,44,45,46)/p+1/b25-24+,33-31+. The number of carbonyl (C=O) groups excluding carboxylic acids is 1. The summed E-state index contributed by atoms with van der Waals surface area (Å²) < 4.78 is 23.4. The highest BCUT2D eigenvalue weighted by Crippen LogP contribution is 2.43. The van der Waals surface area contributed by atoms with E-state index in [1.165, 1.54) is 116 Å². The van der Waals surface area contributed by atoms with Gasteiger partial charge in [0.25, 0.3) is 0 Å². The normalized spacial score (nSPS) is 14.8. The van der Waals surface area contributed by atoms with Crippen molar-refractivity contribution in [3.05, 3.63) is 24.3 Å². The third-order valence-electron chi connectivity index (χ3n) is 8.92. The van der Waals surface area contributed by atoms with Crippen LogP contribution in [-0.4, -0.2) is 73.4 Å². The average Bonchev–Trinajstić information content (AvgIpc) is 3.04. The largest absolute Gasteiger partial charge is 0.472 e. The van der Waals surface area contributed by atoms with Gasteiger partial charge in [0.15, 0.2) is 0 Å². The monoisotopic (exact) mass is 716 g/mol. The number of carbonyl (C=O) groups is 1. The van der Waals surface area contributed by atoms with Crippen LogP contribution in [0.25, 0.3) is 0 Å². The number of hydrogen-bond acceptors (Lipinski definition) is 5. The number of likely N-dealkylation sites (N-methyl/N-ethyl adjacent to an activating group) is 1. The summed E-state index contributed by atoms with van der Waals surface area (Å²) in [5, 5.41) is 13.7. The first-order valence-corrected chi connectivity index (χ1v) is 21.7. The van der Waals surface area contributed by atoms with E-state index in [1.807, 2.05) is 27.2 Å². The van der Waals surface area contributed by atoms with Gasteiger partial charge >= 0.3 is 7.82 Å². The molecule has 49 heavy (non-hydrogen) atoms. The Morgan fingerprint density at radius 1 is 0.673 bits per heavy atom. The van der Waals surface area contributed by atoms with Gasteiger partial charge in [-0.05, 0) is 32.1 Å². The number of unbranched alkanes of at least 4 members (excludes halogenated alkanes) is 21. The third-order valence-corrected chi connectivity index (χ3v) is 9.91. The van der Waals surface area contributed by atoms with Crippen LogP contribution >= 0.6 is 7.82 Å². The molecule has 0 aromatic carbocycles. The molecule has 3 unspecified atom stereocenters. The molecule has 0 aliphatic rings. The van der Waals surface area contributed by atoms with E-state index in [9.17, 15) is 19.4 Å². The molecule has 0 aliphatic carbocycles. The summed E-state index contributed by atoms with van der Waals surface area (Å²) >= 11 is 0. The van der Waals surface area contributed by atoms with E-state index in [2.05, 4.69) is 31.3 Å². The molecule has 8 nitrogen and oxygen atoms in total. The number of quaternary nitrogens is 1. The molecule has 0 rings (SSSR count). The number of phosphoric acid groups is 1. The van der Waals surface area contributed by atoms with Crippen molar-refractivity contribution in [2.75, 3.05) is 40.9 Å². The zero-order valence-corrected chi connectivity index (χ0v) is 33.6. The number of aliphatic hydroxyl groups excluding tert-OH is 1. The quantitative estimate of drug-likeness (QED) is 0.0258. The van der Waals surface area contributed by atoms with Gasteiger partial charge < -0.3 is 19.8 Å². The molecule has 0 aromatic heterocycles. The molecule has 0 saturated heterocycles. The van der Waals surface area contributed by atoms with E-state index in [1.54, 1.807) is 6.08 Å². The highest BCUT2D eigenvalue weighted by molar-refractivity contribution is 7.47. The fraction of sp³-hybridized carbons (Fsp3) is 0.875. The van der Waals surface area contributed by atoms with Crippen molar-refractivity contribution in [3.63, 3.8) is 0 Å². The summed E-state index contributed by atoms with van der Waals surface area (Å²) in [5.74, 6) is -0.190. The summed E-state index contributed by atoms with van der Waals surface area (Å²) in [4.78, 5) is 23.0. The minimum Gasteiger partial charge on any atom is -0.387 e. The molecule has 0 radical (unpaired) electrons. The van der Waals surface area contributed by atoms with Crippen LogP contribution in [0, 0.1) is 0 Å². The Morgan fingerprint density at radius 3 is 1.63 bits per heavy atom. The van der Waals surface area contributed by atoms with E-state index in [-0.39, 0.29) is 19.1 Å². The van der Waals surface area contributed by atoms with Gasteiger partial charge in [0.05, 0.1) is 39.9 Å². The molecule has 3 atom stereocenters. The van der Waals surface area contributed by atoms with Gasteiger partial charge in [-0.25, -0.2) is 4.57 Å². The van der Waals surface area contributed by atoms with Crippen LogP contribution in [-0.2, 0) is 18.4 Å². The predicted molar refractivity (Wildman–Crippen MR) is 208 cm³/mol. The molecule has 0 spiro atoms. The average molecular weight is 716 g/mol. The van der Waals surface area contributed by atoms with Crippen LogP contribution in [0.2, 0.25) is 0 Å². The number of phosphoric ester groups is 1. The molecular weight excluding hydrogens is 635 g/mol. The van der Waals surface area contributed by atoms with Gasteiger partial charge in [-0.2, -0.15) is 0 Å². The predicted octanol–water partition coefficient (Wildman–Crippen LogP) is 10.6. The number of rotatable bonds is 36. The van der Waals surface area contributed by atoms with Gasteiger partial charge in [-0.15, -0.1) is 0 Å². The lowest BCUT2D eigenvalue weighted by Gasteiger charge is -2.25. The fourth-order valence-corrected chi connectivity index (χ4v) is 6.38. The highest BCUT2D eigenvalue weighted by Gasteiger charge is 2.27. The van der Waals surface area contributed by atoms with Crippen LogP contribution < -0.4 is 5.32 Å². The number of aliphatic hydroxyl groups is 1. The molecule has 0 heterocycles. The first kappa shape index (κ1) is 48.0. The number of amides is 1. The Morgan fingerprint density at radius 2 is 1.12 bits per heavy atom. The number of hydrogen-bond donors (Lipinski definition) is 3. The van der Waals surface area contributed by atoms with Crippen molar-refractivity contribution in [2.24, 2.45) is 0 Å². The van der Waals surface area contributed by atoms with Gasteiger partial charge in [0, 0.05) is 6.42 Å². The van der Waals surface area contributed by atoms with E-state index in [0.29, 0.717) is 17.4 Å². The maximum atomic E-state index is 12.8. The summed E-state index contributed by atoms with van der Waals surface area (Å²) in [7, 11) is 1.56. The molecule has 3 N–H and O–H groups in total. The van der Waals surface area contributed by atoms with Crippen molar-refractivity contribution in [1.82, 2.24) is 5.32 Å². The number of nitrogens with zero attached hydrogens (tertiary/aromatic N) is 1. The zero-order valence-electron chi connectivity index (χ0n) is 32.7. The summed E-state index contributed by atoms with van der Waals surface area (Å²) in [6.45, 7) is 4.76. The molecular formula is C40H80N2O6P+. The maximum absolute atomic E-state index is 12.8. The number of allylic oxidation sites excluding steroid dienone is 3. The second-order valence-corrected chi connectivity index (χ2v) is 16.5. The van der Waals surface area contributed by atoms with E-state index >= 15 is 0 Å². The molecule has 0 bridgehead atoms. The first-order chi connectivity index (χ1) is 23.5. The van der Waals surface area contributed by atoms with E-state index in [0.717, 1.165) is 38.5 Å². The summed E-state index contributed by atoms with van der Waals surface area (Å²) in [6, 6.07) is -0.856. The van der Waals surface area contributed by atoms with Crippen LogP contribution in [0.3, 0.4) is 0 Å². The van der Waals surface area contributed by atoms with Crippen LogP contribution in [0.4, 0.5) is 0 Å². The lowest BCUT2D eigenvalue weighted by molar-refractivity contribution is -0.870. The smallest absolute Gasteiger partial charge is 0.387 e. The minimum atomic E-state index is -4.33. The molecule has 290 valence electrons. The van der Waals surface area contributed by atoms with E-state index in [4.69, 9.17) is 9.05 Å². The Kier molecular flexibility index (Phi) is 32.2. The van der Waals surface area contributed by atoms with Crippen molar-refractivity contribution in [3.8, 4) is 0 Å². The first-order valence-electron chi connectivity index (χ1n) is 20.2. The van der Waals surface area contributed by atoms with Crippen LogP contribution in [0.5, 0.6) is 0 Å². The zero-order chi connectivity index (χ0) is 36.5. The Balaban J connectivity index is 4.52. The van der Waals surface area contributed by atoms with Gasteiger partial charge in [0.1, 0.15) is 13.2 Å². The fourth-order valence-electron chi connectivity index (χ4n) is 5.64. The number of nitrogens with one attached hydrogen (secondary N) is 1. The van der Waals surface area contributed by atoms with Crippen molar-refractivity contribution in [1.29, 1.82) is 0 Å². The lowest BCUT2D eigenvalue weighted by atomic mass is 10.1. The van der Waals surface area contributed by atoms with Crippen LogP contribution in [0.1, 0.15) is 174 Å². The van der Waals surface area contributed by atoms with Crippen LogP contribution in [0.15, 0.2) is 24.3 Å². The minimum absolute atomic E-state index is 0.0578. The van der Waals surface area contributed by atoms with Gasteiger partial charge in [-0.1, -0.05) is 160 Å². The van der Waals surface area contributed by atoms with E-state index < -0.39 is 20.0 Å². The molecule has 1 amide bonds.